The van der Waals surface area contributed by atoms with E-state index in [-0.39, 0.29) is 0 Å². The van der Waals surface area contributed by atoms with Gasteiger partial charge >= 0.3 is 5.63 Å². The molecule has 0 unspecified atom stereocenters. The number of hydrogen-bond acceptors (Lipinski definition) is 6. The highest BCUT2D eigenvalue weighted by molar-refractivity contribution is 5.84. The maximum atomic E-state index is 12.7. The average molecular weight is 375 g/mol. The summed E-state index contributed by atoms with van der Waals surface area (Å²) in [5.74, 6) is 0.559. The SMILES string of the molecule is Cc1cnc2nc(-c3cc4ccc(N5CCN[C@@H](C)C5)cc4oc3=O)cn2c1. The van der Waals surface area contributed by atoms with Crippen LogP contribution >= 0.6 is 0 Å². The Balaban J connectivity index is 1.56. The first-order valence-electron chi connectivity index (χ1n) is 9.45. The molecule has 0 amide bonds. The number of piperazine rings is 1. The fourth-order valence-electron chi connectivity index (χ4n) is 3.76. The average Bonchev–Trinajstić information content (AvgIpc) is 3.10. The molecule has 1 N–H and O–H groups in total. The number of anilines is 1. The molecular weight excluding hydrogens is 354 g/mol. The molecule has 1 fully saturated rings. The molecule has 1 saturated heterocycles. The Hall–Kier alpha value is -3.19. The summed E-state index contributed by atoms with van der Waals surface area (Å²) in [6.45, 7) is 6.95. The van der Waals surface area contributed by atoms with Crippen LogP contribution in [0, 0.1) is 6.92 Å². The third kappa shape index (κ3) is 2.93. The lowest BCUT2D eigenvalue weighted by Crippen LogP contribution is -2.49. The van der Waals surface area contributed by atoms with Crippen LogP contribution in [0.1, 0.15) is 12.5 Å². The first-order valence-corrected chi connectivity index (χ1v) is 9.45. The van der Waals surface area contributed by atoms with Crippen LogP contribution in [0.5, 0.6) is 0 Å². The molecule has 142 valence electrons. The van der Waals surface area contributed by atoms with Crippen LogP contribution in [-0.4, -0.2) is 40.0 Å². The van der Waals surface area contributed by atoms with E-state index in [1.165, 1.54) is 0 Å². The van der Waals surface area contributed by atoms with Gasteiger partial charge in [-0.3, -0.25) is 4.40 Å². The molecule has 7 nitrogen and oxygen atoms in total. The van der Waals surface area contributed by atoms with Gasteiger partial charge in [0.15, 0.2) is 0 Å². The summed E-state index contributed by atoms with van der Waals surface area (Å²) < 4.78 is 7.48. The maximum absolute atomic E-state index is 12.7. The number of benzene rings is 1. The normalized spacial score (nSPS) is 17.5. The predicted octanol–water partition coefficient (Wildman–Crippen LogP) is 2.61. The zero-order valence-electron chi connectivity index (χ0n) is 15.8. The Morgan fingerprint density at radius 3 is 3.00 bits per heavy atom. The van der Waals surface area contributed by atoms with Crippen LogP contribution in [0.25, 0.3) is 28.0 Å². The van der Waals surface area contributed by atoms with E-state index in [1.807, 2.05) is 41.9 Å². The third-order valence-corrected chi connectivity index (χ3v) is 5.17. The quantitative estimate of drug-likeness (QED) is 0.543. The van der Waals surface area contributed by atoms with Crippen molar-refractivity contribution in [1.82, 2.24) is 19.7 Å². The first-order chi connectivity index (χ1) is 13.6. The number of imidazole rings is 1. The van der Waals surface area contributed by atoms with Gasteiger partial charge in [0.1, 0.15) is 5.58 Å². The van der Waals surface area contributed by atoms with Gasteiger partial charge in [-0.1, -0.05) is 0 Å². The summed E-state index contributed by atoms with van der Waals surface area (Å²) in [4.78, 5) is 23.7. The van der Waals surface area contributed by atoms with Crippen LogP contribution in [0.15, 0.2) is 52.1 Å². The molecule has 4 aromatic rings. The van der Waals surface area contributed by atoms with Crippen molar-refractivity contribution in [1.29, 1.82) is 0 Å². The fraction of sp³-hybridized carbons (Fsp3) is 0.286. The molecule has 0 bridgehead atoms. The molecule has 28 heavy (non-hydrogen) atoms. The highest BCUT2D eigenvalue weighted by atomic mass is 16.4. The molecule has 7 heteroatoms. The molecule has 0 spiro atoms. The predicted molar refractivity (Wildman–Crippen MR) is 109 cm³/mol. The van der Waals surface area contributed by atoms with E-state index in [4.69, 9.17) is 4.42 Å². The number of fused-ring (bicyclic) bond motifs is 2. The molecule has 3 aromatic heterocycles. The molecule has 0 aliphatic carbocycles. The van der Waals surface area contributed by atoms with Gasteiger partial charge in [-0.2, -0.15) is 0 Å². The summed E-state index contributed by atoms with van der Waals surface area (Å²) in [5.41, 5.74) is 3.31. The Labute approximate surface area is 161 Å². The van der Waals surface area contributed by atoms with E-state index >= 15 is 0 Å². The molecule has 0 saturated carbocycles. The molecule has 1 aromatic carbocycles. The van der Waals surface area contributed by atoms with Crippen molar-refractivity contribution >= 4 is 22.4 Å². The monoisotopic (exact) mass is 375 g/mol. The maximum Gasteiger partial charge on any atom is 0.345 e. The van der Waals surface area contributed by atoms with E-state index in [1.54, 1.807) is 6.20 Å². The van der Waals surface area contributed by atoms with Crippen molar-refractivity contribution in [2.24, 2.45) is 0 Å². The largest absolute Gasteiger partial charge is 0.422 e. The molecule has 4 heterocycles. The molecule has 1 aliphatic heterocycles. The van der Waals surface area contributed by atoms with Crippen molar-refractivity contribution in [3.63, 3.8) is 0 Å². The van der Waals surface area contributed by atoms with Gasteiger partial charge < -0.3 is 14.6 Å². The van der Waals surface area contributed by atoms with Crippen LogP contribution in [0.4, 0.5) is 5.69 Å². The highest BCUT2D eigenvalue weighted by Crippen LogP contribution is 2.25. The Morgan fingerprint density at radius 1 is 1.25 bits per heavy atom. The topological polar surface area (TPSA) is 75.7 Å². The Kier molecular flexibility index (Phi) is 3.91. The molecule has 5 rings (SSSR count). The van der Waals surface area contributed by atoms with Gasteiger partial charge in [0.2, 0.25) is 5.78 Å². The minimum Gasteiger partial charge on any atom is -0.422 e. The van der Waals surface area contributed by atoms with Crippen molar-refractivity contribution < 1.29 is 4.42 Å². The minimum atomic E-state index is -0.390. The molecule has 0 radical (unpaired) electrons. The van der Waals surface area contributed by atoms with Crippen molar-refractivity contribution in [2.45, 2.75) is 19.9 Å². The van der Waals surface area contributed by atoms with Crippen LogP contribution in [-0.2, 0) is 0 Å². The molecular formula is C21H21N5O2. The van der Waals surface area contributed by atoms with E-state index in [9.17, 15) is 4.79 Å². The van der Waals surface area contributed by atoms with E-state index in [0.717, 1.165) is 36.3 Å². The van der Waals surface area contributed by atoms with Gasteiger partial charge in [0.25, 0.3) is 0 Å². The minimum absolute atomic E-state index is 0.390. The summed E-state index contributed by atoms with van der Waals surface area (Å²) in [6.07, 6.45) is 5.50. The number of aryl methyl sites for hydroxylation is 1. The lowest BCUT2D eigenvalue weighted by atomic mass is 10.1. The van der Waals surface area contributed by atoms with Crippen molar-refractivity contribution in [2.75, 3.05) is 24.5 Å². The van der Waals surface area contributed by atoms with Gasteiger partial charge in [-0.25, -0.2) is 14.8 Å². The second-order valence-corrected chi connectivity index (χ2v) is 7.44. The number of nitrogens with one attached hydrogen (secondary N) is 1. The first kappa shape index (κ1) is 16.9. The number of aromatic nitrogens is 3. The highest BCUT2D eigenvalue weighted by Gasteiger charge is 2.17. The number of hydrogen-bond donors (Lipinski definition) is 1. The van der Waals surface area contributed by atoms with Crippen LogP contribution < -0.4 is 15.8 Å². The zero-order valence-corrected chi connectivity index (χ0v) is 15.8. The van der Waals surface area contributed by atoms with Gasteiger partial charge in [-0.05, 0) is 37.6 Å². The van der Waals surface area contributed by atoms with Crippen molar-refractivity contribution in [3.05, 3.63) is 58.8 Å². The fourth-order valence-corrected chi connectivity index (χ4v) is 3.76. The van der Waals surface area contributed by atoms with Crippen LogP contribution in [0.3, 0.4) is 0 Å². The standard InChI is InChI=1S/C21H21N5O2/c1-13-9-23-21-24-18(12-26(21)10-13)17-7-15-3-4-16(8-19(15)28-20(17)27)25-6-5-22-14(2)11-25/h3-4,7-10,12,14,22H,5-6,11H2,1-2H3/t14-/m0/s1. The summed E-state index contributed by atoms with van der Waals surface area (Å²) in [5, 5.41) is 4.32. The van der Waals surface area contributed by atoms with Gasteiger partial charge in [0.05, 0.1) is 11.3 Å². The summed E-state index contributed by atoms with van der Waals surface area (Å²) in [6, 6.07) is 8.32. The van der Waals surface area contributed by atoms with E-state index in [0.29, 0.717) is 28.7 Å². The van der Waals surface area contributed by atoms with Gasteiger partial charge in [0, 0.05) is 61.4 Å². The Morgan fingerprint density at radius 2 is 2.14 bits per heavy atom. The van der Waals surface area contributed by atoms with E-state index in [2.05, 4.69) is 33.2 Å². The molecule has 1 atom stereocenters. The van der Waals surface area contributed by atoms with Gasteiger partial charge in [-0.15, -0.1) is 0 Å². The Bertz CT molecular complexity index is 1240. The zero-order chi connectivity index (χ0) is 19.3. The lowest BCUT2D eigenvalue weighted by Gasteiger charge is -2.33. The second-order valence-electron chi connectivity index (χ2n) is 7.44. The number of nitrogens with zero attached hydrogens (tertiary/aromatic N) is 4. The van der Waals surface area contributed by atoms with Crippen LogP contribution in [0.2, 0.25) is 0 Å². The van der Waals surface area contributed by atoms with E-state index < -0.39 is 5.63 Å². The number of rotatable bonds is 2. The summed E-state index contributed by atoms with van der Waals surface area (Å²) >= 11 is 0. The third-order valence-electron chi connectivity index (χ3n) is 5.17. The molecule has 1 aliphatic rings. The second kappa shape index (κ2) is 6.45. The summed E-state index contributed by atoms with van der Waals surface area (Å²) in [7, 11) is 0. The van der Waals surface area contributed by atoms with Crippen molar-refractivity contribution in [3.8, 4) is 11.3 Å². The lowest BCUT2D eigenvalue weighted by molar-refractivity contribution is 0.484. The smallest absolute Gasteiger partial charge is 0.345 e.